The Morgan fingerprint density at radius 3 is 2.38 bits per heavy atom. The van der Waals surface area contributed by atoms with Crippen LogP contribution in [0.5, 0.6) is 0 Å². The van der Waals surface area contributed by atoms with Crippen molar-refractivity contribution in [3.8, 4) is 0 Å². The minimum Gasteiger partial charge on any atom is -0.387 e. The molecule has 15 nitrogen and oxygen atoms in total. The van der Waals surface area contributed by atoms with Gasteiger partial charge in [-0.2, -0.15) is 14.8 Å². The third-order valence-electron chi connectivity index (χ3n) is 9.29. The van der Waals surface area contributed by atoms with E-state index in [1.165, 1.54) is 15.9 Å². The molecule has 4 aromatic heterocycles. The average Bonchev–Trinajstić information content (AvgIpc) is 3.97. The number of aromatic nitrogens is 9. The summed E-state index contributed by atoms with van der Waals surface area (Å²) in [5.74, 6) is 2.11. The molecule has 15 heteroatoms. The highest BCUT2D eigenvalue weighted by Gasteiger charge is 2.47. The third-order valence-corrected chi connectivity index (χ3v) is 9.29. The smallest absolute Gasteiger partial charge is 0.229 e. The van der Waals surface area contributed by atoms with E-state index in [0.717, 1.165) is 18.8 Å². The van der Waals surface area contributed by atoms with Gasteiger partial charge in [0, 0.05) is 37.8 Å². The number of aliphatic hydroxyl groups is 2. The van der Waals surface area contributed by atoms with Crippen LogP contribution in [0.15, 0.2) is 91.4 Å². The van der Waals surface area contributed by atoms with Gasteiger partial charge in [-0.3, -0.25) is 4.57 Å². The number of ether oxygens (including phenoxy) is 1. The fourth-order valence-corrected chi connectivity index (χ4v) is 6.68. The van der Waals surface area contributed by atoms with Gasteiger partial charge in [0.2, 0.25) is 11.8 Å². The molecule has 4 N–H and O–H groups in total. The van der Waals surface area contributed by atoms with Gasteiger partial charge in [0.05, 0.1) is 12.9 Å². The maximum absolute atomic E-state index is 11.2. The quantitative estimate of drug-likeness (QED) is 0.158. The summed E-state index contributed by atoms with van der Waals surface area (Å²) in [5, 5.41) is 41.8. The summed E-state index contributed by atoms with van der Waals surface area (Å²) in [4.78, 5) is 22.7. The lowest BCUT2D eigenvalue weighted by atomic mass is 9.91. The van der Waals surface area contributed by atoms with Crippen LogP contribution in [0.25, 0.3) is 11.2 Å². The Hall–Kier alpha value is -5.51. The molecule has 0 aliphatic carbocycles. The highest BCUT2D eigenvalue weighted by atomic mass is 16.6. The Labute approximate surface area is 288 Å². The molecule has 0 saturated carbocycles. The van der Waals surface area contributed by atoms with E-state index in [2.05, 4.69) is 60.2 Å². The molecule has 256 valence electrons. The Bertz CT molecular complexity index is 1990. The standard InChI is InChI=1S/C35H38N12O3/c1-2-47-43-32(42-44-47)30-28(48)29(49)34(50-30)46-21-38-27-31(37-19-25(22-11-5-3-6-12-22)23-13-7-4-8-14-23)40-35(41-33(27)46)45-18-16-24(20-45)39-26-15-9-10-17-36-26/h3-15,17,21,24-25,28-30,34,48-49H,2,16,18-20H2,1H3,(H,36,39)(H,37,40,41)/t24-,28-,29+,30-,34+/m0/s1. The Morgan fingerprint density at radius 2 is 1.68 bits per heavy atom. The normalized spacial score (nSPS) is 22.1. The first-order chi connectivity index (χ1) is 24.6. The molecule has 0 radical (unpaired) electrons. The van der Waals surface area contributed by atoms with Crippen LogP contribution in [0.3, 0.4) is 0 Å². The van der Waals surface area contributed by atoms with E-state index >= 15 is 0 Å². The number of benzene rings is 2. The molecule has 0 unspecified atom stereocenters. The average molecular weight is 675 g/mol. The molecule has 2 aliphatic rings. The molecule has 0 spiro atoms. The topological polar surface area (TPSA) is 177 Å². The zero-order valence-corrected chi connectivity index (χ0v) is 27.4. The second kappa shape index (κ2) is 13.8. The van der Waals surface area contributed by atoms with Gasteiger partial charge >= 0.3 is 0 Å². The monoisotopic (exact) mass is 674 g/mol. The van der Waals surface area contributed by atoms with Gasteiger partial charge in [0.25, 0.3) is 0 Å². The molecule has 5 atom stereocenters. The number of fused-ring (bicyclic) bond motifs is 1. The summed E-state index contributed by atoms with van der Waals surface area (Å²) in [6.07, 6.45) is -0.390. The lowest BCUT2D eigenvalue weighted by molar-refractivity contribution is -0.0384. The predicted octanol–water partition coefficient (Wildman–Crippen LogP) is 3.15. The van der Waals surface area contributed by atoms with Gasteiger partial charge in [-0.05, 0) is 41.8 Å². The SMILES string of the molecule is CCn1nnc([C@H]2O[C@@H](n3cnc4c(NCC(c5ccccc5)c5ccccc5)nc(N5CC[C@H](Nc6ccccn6)C5)nc43)[C@H](O)[C@@H]2O)n1. The molecule has 6 heterocycles. The van der Waals surface area contributed by atoms with Crippen molar-refractivity contribution in [3.05, 3.63) is 108 Å². The van der Waals surface area contributed by atoms with E-state index in [1.807, 2.05) is 61.5 Å². The van der Waals surface area contributed by atoms with Crippen LogP contribution in [-0.4, -0.2) is 92.8 Å². The number of tetrazole rings is 1. The summed E-state index contributed by atoms with van der Waals surface area (Å²) in [7, 11) is 0. The Balaban J connectivity index is 1.14. The molecular formula is C35H38N12O3. The van der Waals surface area contributed by atoms with Gasteiger partial charge in [-0.1, -0.05) is 66.7 Å². The predicted molar refractivity (Wildman–Crippen MR) is 185 cm³/mol. The number of hydrogen-bond acceptors (Lipinski definition) is 13. The summed E-state index contributed by atoms with van der Waals surface area (Å²) in [6, 6.07) is 26.7. The minimum absolute atomic E-state index is 0.0339. The van der Waals surface area contributed by atoms with Crippen molar-refractivity contribution in [2.45, 2.75) is 56.4 Å². The van der Waals surface area contributed by atoms with E-state index in [1.54, 1.807) is 17.1 Å². The minimum atomic E-state index is -1.31. The number of hydrogen-bond donors (Lipinski definition) is 4. The number of nitrogens with one attached hydrogen (secondary N) is 2. The van der Waals surface area contributed by atoms with Crippen LogP contribution in [-0.2, 0) is 11.3 Å². The van der Waals surface area contributed by atoms with Gasteiger partial charge in [0.1, 0.15) is 18.0 Å². The Morgan fingerprint density at radius 1 is 0.920 bits per heavy atom. The molecule has 2 saturated heterocycles. The van der Waals surface area contributed by atoms with Crippen molar-refractivity contribution in [2.75, 3.05) is 35.2 Å². The molecule has 6 aromatic rings. The third kappa shape index (κ3) is 6.21. The molecule has 8 rings (SSSR count). The van der Waals surface area contributed by atoms with E-state index < -0.39 is 24.5 Å². The largest absolute Gasteiger partial charge is 0.387 e. The van der Waals surface area contributed by atoms with Gasteiger partial charge < -0.3 is 30.5 Å². The number of aliphatic hydroxyl groups excluding tert-OH is 2. The number of imidazole rings is 1. The highest BCUT2D eigenvalue weighted by molar-refractivity contribution is 5.84. The summed E-state index contributed by atoms with van der Waals surface area (Å²) < 4.78 is 7.87. The van der Waals surface area contributed by atoms with Crippen LogP contribution in [0.1, 0.15) is 48.5 Å². The molecule has 0 amide bonds. The number of nitrogens with zero attached hydrogens (tertiary/aromatic N) is 10. The number of rotatable bonds is 11. The van der Waals surface area contributed by atoms with Crippen LogP contribution in [0.2, 0.25) is 0 Å². The number of anilines is 3. The molecule has 2 fully saturated rings. The van der Waals surface area contributed by atoms with Crippen LogP contribution >= 0.6 is 0 Å². The van der Waals surface area contributed by atoms with Crippen molar-refractivity contribution < 1.29 is 14.9 Å². The van der Waals surface area contributed by atoms with Crippen LogP contribution < -0.4 is 15.5 Å². The van der Waals surface area contributed by atoms with E-state index in [-0.39, 0.29) is 17.8 Å². The summed E-state index contributed by atoms with van der Waals surface area (Å²) in [6.45, 7) is 4.32. The zero-order valence-electron chi connectivity index (χ0n) is 27.4. The fraction of sp³-hybridized carbons (Fsp3) is 0.343. The first kappa shape index (κ1) is 31.7. The maximum Gasteiger partial charge on any atom is 0.229 e. The number of pyridine rings is 1. The fourth-order valence-electron chi connectivity index (χ4n) is 6.68. The highest BCUT2D eigenvalue weighted by Crippen LogP contribution is 2.39. The van der Waals surface area contributed by atoms with Crippen molar-refractivity contribution in [2.24, 2.45) is 0 Å². The van der Waals surface area contributed by atoms with Crippen molar-refractivity contribution >= 4 is 28.7 Å². The summed E-state index contributed by atoms with van der Waals surface area (Å²) in [5.41, 5.74) is 3.30. The summed E-state index contributed by atoms with van der Waals surface area (Å²) >= 11 is 0. The van der Waals surface area contributed by atoms with Crippen LogP contribution in [0, 0.1) is 0 Å². The Kier molecular flexibility index (Phi) is 8.75. The van der Waals surface area contributed by atoms with Crippen molar-refractivity contribution in [1.29, 1.82) is 0 Å². The van der Waals surface area contributed by atoms with Crippen molar-refractivity contribution in [3.63, 3.8) is 0 Å². The first-order valence-corrected chi connectivity index (χ1v) is 16.9. The number of aryl methyl sites for hydroxylation is 1. The lowest BCUT2D eigenvalue weighted by Crippen LogP contribution is -2.30. The van der Waals surface area contributed by atoms with Gasteiger partial charge in [-0.25, -0.2) is 9.97 Å². The van der Waals surface area contributed by atoms with Gasteiger partial charge in [0.15, 0.2) is 29.3 Å². The molecule has 2 aromatic carbocycles. The van der Waals surface area contributed by atoms with E-state index in [4.69, 9.17) is 19.7 Å². The second-order valence-corrected chi connectivity index (χ2v) is 12.5. The van der Waals surface area contributed by atoms with E-state index in [0.29, 0.717) is 42.6 Å². The van der Waals surface area contributed by atoms with E-state index in [9.17, 15) is 10.2 Å². The molecular weight excluding hydrogens is 636 g/mol. The van der Waals surface area contributed by atoms with Crippen molar-refractivity contribution in [1.82, 2.24) is 44.7 Å². The van der Waals surface area contributed by atoms with Gasteiger partial charge in [-0.15, -0.1) is 10.2 Å². The zero-order chi connectivity index (χ0) is 34.0. The molecule has 50 heavy (non-hydrogen) atoms. The first-order valence-electron chi connectivity index (χ1n) is 16.9. The molecule has 0 bridgehead atoms. The molecule has 2 aliphatic heterocycles. The lowest BCUT2D eigenvalue weighted by Gasteiger charge is -2.22. The maximum atomic E-state index is 11.2. The second-order valence-electron chi connectivity index (χ2n) is 12.5. The van der Waals surface area contributed by atoms with Crippen LogP contribution in [0.4, 0.5) is 17.6 Å².